The predicted molar refractivity (Wildman–Crippen MR) is 67.0 cm³/mol. The van der Waals surface area contributed by atoms with Crippen LogP contribution in [0.4, 0.5) is 0 Å². The molecule has 1 amide bonds. The maximum absolute atomic E-state index is 11.6. The van der Waals surface area contributed by atoms with Crippen LogP contribution >= 0.6 is 0 Å². The van der Waals surface area contributed by atoms with E-state index in [9.17, 15) is 4.79 Å². The third kappa shape index (κ3) is 2.60. The first-order valence-electron chi connectivity index (χ1n) is 6.13. The highest BCUT2D eigenvalue weighted by atomic mass is 16.5. The molecule has 1 heterocycles. The fourth-order valence-electron chi connectivity index (χ4n) is 2.48. The molecule has 0 unspecified atom stereocenters. The average Bonchev–Trinajstić information content (AvgIpc) is 2.39. The Morgan fingerprint density at radius 1 is 1.29 bits per heavy atom. The Morgan fingerprint density at radius 3 is 2.59 bits per heavy atom. The van der Waals surface area contributed by atoms with E-state index in [-0.39, 0.29) is 11.9 Å². The van der Waals surface area contributed by atoms with Crippen LogP contribution in [0.15, 0.2) is 24.3 Å². The summed E-state index contributed by atoms with van der Waals surface area (Å²) in [5.41, 5.74) is 1.21. The zero-order valence-corrected chi connectivity index (χ0v) is 10.5. The van der Waals surface area contributed by atoms with Gasteiger partial charge in [-0.05, 0) is 37.0 Å². The van der Waals surface area contributed by atoms with Gasteiger partial charge in [-0.2, -0.15) is 0 Å². The van der Waals surface area contributed by atoms with Gasteiger partial charge in [0.15, 0.2) is 0 Å². The van der Waals surface area contributed by atoms with Crippen molar-refractivity contribution in [2.24, 2.45) is 0 Å². The Bertz CT molecular complexity index is 386. The molecule has 1 aromatic carbocycles. The zero-order chi connectivity index (χ0) is 12.3. The minimum atomic E-state index is 0.172. The molecule has 1 aliphatic heterocycles. The Kier molecular flexibility index (Phi) is 3.67. The van der Waals surface area contributed by atoms with E-state index in [4.69, 9.17) is 4.74 Å². The molecule has 1 atom stereocenters. The largest absolute Gasteiger partial charge is 0.497 e. The van der Waals surface area contributed by atoms with Crippen LogP contribution < -0.4 is 4.74 Å². The molecule has 0 aliphatic carbocycles. The van der Waals surface area contributed by atoms with Crippen LogP contribution in [0.5, 0.6) is 5.75 Å². The summed E-state index contributed by atoms with van der Waals surface area (Å²) in [4.78, 5) is 13.6. The van der Waals surface area contributed by atoms with Crippen LogP contribution in [-0.2, 0) is 4.79 Å². The number of ether oxygens (including phenoxy) is 1. The predicted octanol–water partition coefficient (Wildman–Crippen LogP) is 2.77. The van der Waals surface area contributed by atoms with Crippen molar-refractivity contribution in [1.29, 1.82) is 0 Å². The number of amides is 1. The highest BCUT2D eigenvalue weighted by Gasteiger charge is 2.25. The number of hydrogen-bond donors (Lipinski definition) is 0. The summed E-state index contributed by atoms with van der Waals surface area (Å²) in [6.07, 6.45) is 3.37. The number of rotatable bonds is 2. The van der Waals surface area contributed by atoms with Crippen molar-refractivity contribution in [2.45, 2.75) is 32.2 Å². The summed E-state index contributed by atoms with van der Waals surface area (Å²) >= 11 is 0. The lowest BCUT2D eigenvalue weighted by atomic mass is 9.95. The number of hydrogen-bond acceptors (Lipinski definition) is 2. The molecule has 0 saturated carbocycles. The molecule has 1 aromatic rings. The van der Waals surface area contributed by atoms with E-state index in [0.717, 1.165) is 25.1 Å². The van der Waals surface area contributed by atoms with Gasteiger partial charge < -0.3 is 9.64 Å². The Hall–Kier alpha value is -1.51. The van der Waals surface area contributed by atoms with Crippen molar-refractivity contribution in [3.05, 3.63) is 29.8 Å². The van der Waals surface area contributed by atoms with Crippen molar-refractivity contribution in [3.8, 4) is 5.75 Å². The summed E-state index contributed by atoms with van der Waals surface area (Å²) < 4.78 is 5.15. The van der Waals surface area contributed by atoms with Crippen LogP contribution in [0.3, 0.4) is 0 Å². The molecule has 0 bridgehead atoms. The molecule has 17 heavy (non-hydrogen) atoms. The molecule has 1 aliphatic rings. The summed E-state index contributed by atoms with van der Waals surface area (Å²) in [6, 6.07) is 8.28. The van der Waals surface area contributed by atoms with Crippen LogP contribution in [0.25, 0.3) is 0 Å². The fourth-order valence-corrected chi connectivity index (χ4v) is 2.48. The summed E-state index contributed by atoms with van der Waals surface area (Å²) in [5, 5.41) is 0. The van der Waals surface area contributed by atoms with Gasteiger partial charge in [0.2, 0.25) is 5.91 Å². The van der Waals surface area contributed by atoms with Crippen molar-refractivity contribution in [3.63, 3.8) is 0 Å². The third-order valence-electron chi connectivity index (χ3n) is 3.41. The van der Waals surface area contributed by atoms with Crippen LogP contribution in [0, 0.1) is 0 Å². The van der Waals surface area contributed by atoms with Gasteiger partial charge in [-0.3, -0.25) is 4.79 Å². The van der Waals surface area contributed by atoms with Crippen molar-refractivity contribution < 1.29 is 9.53 Å². The van der Waals surface area contributed by atoms with E-state index >= 15 is 0 Å². The second-order valence-electron chi connectivity index (χ2n) is 4.50. The second kappa shape index (κ2) is 5.21. The van der Waals surface area contributed by atoms with Crippen LogP contribution in [0.1, 0.15) is 37.8 Å². The average molecular weight is 233 g/mol. The highest BCUT2D eigenvalue weighted by molar-refractivity contribution is 5.74. The lowest BCUT2D eigenvalue weighted by molar-refractivity contribution is -0.132. The second-order valence-corrected chi connectivity index (χ2v) is 4.50. The number of piperidine rings is 1. The van der Waals surface area contributed by atoms with E-state index in [1.807, 2.05) is 17.0 Å². The summed E-state index contributed by atoms with van der Waals surface area (Å²) in [7, 11) is 1.66. The number of carbonyl (C=O) groups is 1. The Morgan fingerprint density at radius 2 is 2.00 bits per heavy atom. The van der Waals surface area contributed by atoms with E-state index in [0.29, 0.717) is 0 Å². The lowest BCUT2D eigenvalue weighted by Crippen LogP contribution is -2.36. The number of benzene rings is 1. The van der Waals surface area contributed by atoms with E-state index in [2.05, 4.69) is 12.1 Å². The van der Waals surface area contributed by atoms with Crippen LogP contribution in [0.2, 0.25) is 0 Å². The van der Waals surface area contributed by atoms with E-state index in [1.165, 1.54) is 12.0 Å². The maximum atomic E-state index is 11.6. The first kappa shape index (κ1) is 12.0. The van der Waals surface area contributed by atoms with Crippen LogP contribution in [-0.4, -0.2) is 24.5 Å². The molecule has 0 spiro atoms. The molecule has 0 N–H and O–H groups in total. The van der Waals surface area contributed by atoms with Gasteiger partial charge >= 0.3 is 0 Å². The van der Waals surface area contributed by atoms with E-state index < -0.39 is 0 Å². The van der Waals surface area contributed by atoms with Crippen molar-refractivity contribution >= 4 is 5.91 Å². The first-order valence-corrected chi connectivity index (χ1v) is 6.13. The molecule has 1 saturated heterocycles. The minimum Gasteiger partial charge on any atom is -0.497 e. The molecule has 3 nitrogen and oxygen atoms in total. The lowest BCUT2D eigenvalue weighted by Gasteiger charge is -2.35. The zero-order valence-electron chi connectivity index (χ0n) is 10.5. The number of methoxy groups -OCH3 is 1. The molecule has 3 heteroatoms. The van der Waals surface area contributed by atoms with Gasteiger partial charge in [0.05, 0.1) is 13.2 Å². The molecule has 2 rings (SSSR count). The number of carbonyl (C=O) groups excluding carboxylic acids is 1. The first-order chi connectivity index (χ1) is 8.22. The third-order valence-corrected chi connectivity index (χ3v) is 3.41. The molecular weight excluding hydrogens is 214 g/mol. The highest BCUT2D eigenvalue weighted by Crippen LogP contribution is 2.31. The SMILES string of the molecule is COc1ccc([C@H]2CCCCN2C(C)=O)cc1. The Labute approximate surface area is 102 Å². The standard InChI is InChI=1S/C14H19NO2/c1-11(16)15-10-4-3-5-14(15)12-6-8-13(17-2)9-7-12/h6-9,14H,3-5,10H2,1-2H3/t14-/m1/s1. The summed E-state index contributed by atoms with van der Waals surface area (Å²) in [6.45, 7) is 2.54. The van der Waals surface area contributed by atoms with Gasteiger partial charge in [-0.15, -0.1) is 0 Å². The normalized spacial score (nSPS) is 20.1. The number of nitrogens with zero attached hydrogens (tertiary/aromatic N) is 1. The molecular formula is C14H19NO2. The van der Waals surface area contributed by atoms with Crippen molar-refractivity contribution in [2.75, 3.05) is 13.7 Å². The van der Waals surface area contributed by atoms with Crippen molar-refractivity contribution in [1.82, 2.24) is 4.90 Å². The van der Waals surface area contributed by atoms with Gasteiger partial charge in [-0.25, -0.2) is 0 Å². The number of likely N-dealkylation sites (tertiary alicyclic amines) is 1. The monoisotopic (exact) mass is 233 g/mol. The van der Waals surface area contributed by atoms with Gasteiger partial charge in [0.1, 0.15) is 5.75 Å². The molecule has 0 aromatic heterocycles. The minimum absolute atomic E-state index is 0.172. The maximum Gasteiger partial charge on any atom is 0.219 e. The van der Waals surface area contributed by atoms with Gasteiger partial charge in [0, 0.05) is 13.5 Å². The van der Waals surface area contributed by atoms with E-state index in [1.54, 1.807) is 14.0 Å². The molecule has 92 valence electrons. The molecule has 0 radical (unpaired) electrons. The topological polar surface area (TPSA) is 29.5 Å². The molecule has 1 fully saturated rings. The fraction of sp³-hybridized carbons (Fsp3) is 0.500. The smallest absolute Gasteiger partial charge is 0.219 e. The summed E-state index contributed by atoms with van der Waals surface area (Å²) in [5.74, 6) is 1.03. The van der Waals surface area contributed by atoms with Gasteiger partial charge in [-0.1, -0.05) is 12.1 Å². The van der Waals surface area contributed by atoms with Gasteiger partial charge in [0.25, 0.3) is 0 Å². The quantitative estimate of drug-likeness (QED) is 0.786. The Balaban J connectivity index is 2.20.